The van der Waals surface area contributed by atoms with E-state index in [1.807, 2.05) is 6.08 Å². The molecule has 0 aliphatic rings. The molecule has 0 unspecified atom stereocenters. The molecule has 1 radical (unpaired) electrons. The number of rotatable bonds is 10. The minimum absolute atomic E-state index is 1.09. The molecule has 0 heteroatoms. The van der Waals surface area contributed by atoms with Gasteiger partial charge in [0, 0.05) is 0 Å². The number of allylic oxidation sites excluding steroid dienone is 3. The third-order valence-corrected chi connectivity index (χ3v) is 2.32. The van der Waals surface area contributed by atoms with E-state index in [0.717, 1.165) is 12.8 Å². The SMILES string of the molecule is [CH2]CCCCCCC=CCCCC=C. The van der Waals surface area contributed by atoms with Crippen molar-refractivity contribution < 1.29 is 0 Å². The number of hydrogen-bond donors (Lipinski definition) is 0. The van der Waals surface area contributed by atoms with Gasteiger partial charge in [-0.2, -0.15) is 0 Å². The molecule has 0 aliphatic carbocycles. The summed E-state index contributed by atoms with van der Waals surface area (Å²) in [6.45, 7) is 7.55. The molecule has 0 heterocycles. The van der Waals surface area contributed by atoms with Crippen LogP contribution >= 0.6 is 0 Å². The highest BCUT2D eigenvalue weighted by molar-refractivity contribution is 4.82. The van der Waals surface area contributed by atoms with Crippen LogP contribution in [0.2, 0.25) is 0 Å². The Morgan fingerprint density at radius 2 is 1.36 bits per heavy atom. The average Bonchev–Trinajstić information content (AvgIpc) is 2.21. The van der Waals surface area contributed by atoms with E-state index in [0.29, 0.717) is 0 Å². The molecule has 0 N–H and O–H groups in total. The first-order valence-corrected chi connectivity index (χ1v) is 5.97. The first-order chi connectivity index (χ1) is 6.91. The maximum absolute atomic E-state index is 3.84. The third-order valence-electron chi connectivity index (χ3n) is 2.32. The summed E-state index contributed by atoms with van der Waals surface area (Å²) in [6, 6.07) is 0. The zero-order valence-electron chi connectivity index (χ0n) is 9.51. The monoisotopic (exact) mass is 193 g/mol. The summed E-state index contributed by atoms with van der Waals surface area (Å²) < 4.78 is 0. The van der Waals surface area contributed by atoms with Gasteiger partial charge in [-0.3, -0.25) is 0 Å². The van der Waals surface area contributed by atoms with Gasteiger partial charge in [0.1, 0.15) is 0 Å². The minimum Gasteiger partial charge on any atom is -0.103 e. The molecule has 0 saturated carbocycles. The van der Waals surface area contributed by atoms with Crippen molar-refractivity contribution in [2.75, 3.05) is 0 Å². The maximum atomic E-state index is 3.84. The van der Waals surface area contributed by atoms with Crippen LogP contribution in [-0.2, 0) is 0 Å². The van der Waals surface area contributed by atoms with E-state index in [1.165, 1.54) is 44.9 Å². The molecule has 0 rings (SSSR count). The van der Waals surface area contributed by atoms with Gasteiger partial charge in [0.05, 0.1) is 0 Å². The number of hydrogen-bond acceptors (Lipinski definition) is 0. The van der Waals surface area contributed by atoms with Gasteiger partial charge < -0.3 is 0 Å². The van der Waals surface area contributed by atoms with Crippen LogP contribution in [0.4, 0.5) is 0 Å². The lowest BCUT2D eigenvalue weighted by molar-refractivity contribution is 0.651. The van der Waals surface area contributed by atoms with Crippen molar-refractivity contribution in [1.29, 1.82) is 0 Å². The molecule has 0 saturated heterocycles. The molecular formula is C14H25. The molecule has 81 valence electrons. The molecule has 0 fully saturated rings. The summed E-state index contributed by atoms with van der Waals surface area (Å²) in [5, 5.41) is 0. The van der Waals surface area contributed by atoms with Gasteiger partial charge in [-0.25, -0.2) is 0 Å². The second-order valence-electron chi connectivity index (χ2n) is 3.75. The largest absolute Gasteiger partial charge is 0.103 e. The van der Waals surface area contributed by atoms with Crippen molar-refractivity contribution in [2.45, 2.75) is 57.8 Å². The zero-order valence-corrected chi connectivity index (χ0v) is 9.51. The predicted molar refractivity (Wildman–Crippen MR) is 66.2 cm³/mol. The molecule has 0 atom stereocenters. The molecule has 0 aromatic rings. The Morgan fingerprint density at radius 1 is 0.714 bits per heavy atom. The van der Waals surface area contributed by atoms with Gasteiger partial charge in [0.15, 0.2) is 0 Å². The van der Waals surface area contributed by atoms with Gasteiger partial charge in [-0.1, -0.05) is 50.8 Å². The third kappa shape index (κ3) is 11.5. The van der Waals surface area contributed by atoms with Gasteiger partial charge in [-0.15, -0.1) is 6.58 Å². The Kier molecular flexibility index (Phi) is 12.0. The van der Waals surface area contributed by atoms with Gasteiger partial charge in [-0.05, 0) is 32.1 Å². The van der Waals surface area contributed by atoms with E-state index >= 15 is 0 Å². The van der Waals surface area contributed by atoms with Crippen LogP contribution in [-0.4, -0.2) is 0 Å². The van der Waals surface area contributed by atoms with E-state index in [9.17, 15) is 0 Å². The van der Waals surface area contributed by atoms with Crippen LogP contribution < -0.4 is 0 Å². The van der Waals surface area contributed by atoms with Gasteiger partial charge >= 0.3 is 0 Å². The van der Waals surface area contributed by atoms with Crippen LogP contribution in [0.15, 0.2) is 24.8 Å². The highest BCUT2D eigenvalue weighted by Crippen LogP contribution is 2.06. The Bertz CT molecular complexity index is 133. The molecule has 14 heavy (non-hydrogen) atoms. The summed E-state index contributed by atoms with van der Waals surface area (Å²) in [4.78, 5) is 0. The van der Waals surface area contributed by atoms with Crippen molar-refractivity contribution in [1.82, 2.24) is 0 Å². The maximum Gasteiger partial charge on any atom is -0.0348 e. The van der Waals surface area contributed by atoms with Crippen LogP contribution in [0.5, 0.6) is 0 Å². The van der Waals surface area contributed by atoms with Crippen molar-refractivity contribution in [3.05, 3.63) is 31.7 Å². The van der Waals surface area contributed by atoms with Crippen LogP contribution in [0, 0.1) is 6.92 Å². The van der Waals surface area contributed by atoms with Crippen molar-refractivity contribution in [3.8, 4) is 0 Å². The summed E-state index contributed by atoms with van der Waals surface area (Å²) in [5.74, 6) is 0. The highest BCUT2D eigenvalue weighted by atomic mass is 13.9. The predicted octanol–water partition coefficient (Wildman–Crippen LogP) is 5.07. The molecule has 0 bridgehead atoms. The van der Waals surface area contributed by atoms with Crippen LogP contribution in [0.1, 0.15) is 57.8 Å². The molecule has 0 aromatic heterocycles. The lowest BCUT2D eigenvalue weighted by atomic mass is 10.1. The molecule has 0 amide bonds. The molecule has 0 aliphatic heterocycles. The smallest absolute Gasteiger partial charge is 0.0348 e. The quantitative estimate of drug-likeness (QED) is 0.335. The fourth-order valence-corrected chi connectivity index (χ4v) is 1.41. The van der Waals surface area contributed by atoms with Gasteiger partial charge in [0.25, 0.3) is 0 Å². The van der Waals surface area contributed by atoms with E-state index in [1.54, 1.807) is 0 Å². The topological polar surface area (TPSA) is 0 Å². The van der Waals surface area contributed by atoms with E-state index in [-0.39, 0.29) is 0 Å². The second-order valence-corrected chi connectivity index (χ2v) is 3.75. The average molecular weight is 193 g/mol. The fourth-order valence-electron chi connectivity index (χ4n) is 1.41. The van der Waals surface area contributed by atoms with Gasteiger partial charge in [0.2, 0.25) is 0 Å². The fraction of sp³-hybridized carbons (Fsp3) is 0.643. The Morgan fingerprint density at radius 3 is 2.00 bits per heavy atom. The Labute approximate surface area is 90.1 Å². The molecule has 0 aromatic carbocycles. The van der Waals surface area contributed by atoms with E-state index in [2.05, 4.69) is 25.7 Å². The molecule has 0 spiro atoms. The van der Waals surface area contributed by atoms with Crippen LogP contribution in [0.25, 0.3) is 0 Å². The van der Waals surface area contributed by atoms with Crippen molar-refractivity contribution >= 4 is 0 Å². The summed E-state index contributed by atoms with van der Waals surface area (Å²) in [6.07, 6.45) is 18.0. The Balaban J connectivity index is 2.99. The van der Waals surface area contributed by atoms with Crippen LogP contribution in [0.3, 0.4) is 0 Å². The normalized spacial score (nSPS) is 10.9. The lowest BCUT2D eigenvalue weighted by Crippen LogP contribution is -1.76. The summed E-state index contributed by atoms with van der Waals surface area (Å²) >= 11 is 0. The lowest BCUT2D eigenvalue weighted by Gasteiger charge is -1.96. The van der Waals surface area contributed by atoms with Crippen molar-refractivity contribution in [2.24, 2.45) is 0 Å². The highest BCUT2D eigenvalue weighted by Gasteiger charge is 1.86. The summed E-state index contributed by atoms with van der Waals surface area (Å²) in [5.41, 5.74) is 0. The van der Waals surface area contributed by atoms with E-state index < -0.39 is 0 Å². The first kappa shape index (κ1) is 13.5. The standard InChI is InChI=1S/C14H25/c1-3-5-7-9-11-13-14-12-10-8-6-4-2/h3,11,13H,1-2,4-10,12,14H2. The van der Waals surface area contributed by atoms with Crippen molar-refractivity contribution in [3.63, 3.8) is 0 Å². The first-order valence-electron chi connectivity index (χ1n) is 5.97. The Hall–Kier alpha value is -0.520. The zero-order chi connectivity index (χ0) is 10.5. The molecule has 0 nitrogen and oxygen atoms in total. The second kappa shape index (κ2) is 12.5. The minimum atomic E-state index is 1.09. The summed E-state index contributed by atoms with van der Waals surface area (Å²) in [7, 11) is 0. The van der Waals surface area contributed by atoms with E-state index in [4.69, 9.17) is 0 Å². The number of unbranched alkanes of at least 4 members (excludes halogenated alkanes) is 7. The molecular weight excluding hydrogens is 168 g/mol.